The predicted octanol–water partition coefficient (Wildman–Crippen LogP) is 6.19. The average Bonchev–Trinajstić information content (AvgIpc) is 2.83. The van der Waals surface area contributed by atoms with Crippen LogP contribution >= 0.6 is 0 Å². The summed E-state index contributed by atoms with van der Waals surface area (Å²) in [5, 5.41) is 7.10. The molecule has 2 aromatic carbocycles. The van der Waals surface area contributed by atoms with Gasteiger partial charge in [-0.15, -0.1) is 0 Å². The normalized spacial score (nSPS) is 21.4. The molecule has 0 atom stereocenters. The average molecular weight is 603 g/mol. The molecule has 2 nitrogen and oxygen atoms in total. The van der Waals surface area contributed by atoms with Crippen LogP contribution in [0.25, 0.3) is 16.5 Å². The first-order valence-corrected chi connectivity index (χ1v) is 9.14. The van der Waals surface area contributed by atoms with Gasteiger partial charge in [0.05, 0.1) is 10.8 Å². The molecular formula is C19HF18O2-. The van der Waals surface area contributed by atoms with Crippen molar-refractivity contribution in [3.63, 3.8) is 0 Å². The molecule has 0 heterocycles. The monoisotopic (exact) mass is 603 g/mol. The van der Waals surface area contributed by atoms with Gasteiger partial charge in [-0.2, -0.15) is 48.3 Å². The zero-order valence-electron chi connectivity index (χ0n) is 17.2. The largest absolute Gasteiger partial charge is 0.872 e. The van der Waals surface area contributed by atoms with E-state index in [1.807, 2.05) is 0 Å². The van der Waals surface area contributed by atoms with E-state index in [2.05, 4.69) is 0 Å². The Balaban J connectivity index is 2.44. The van der Waals surface area contributed by atoms with Gasteiger partial charge < -0.3 is 5.11 Å². The molecule has 0 spiro atoms. The lowest BCUT2D eigenvalue weighted by Gasteiger charge is -2.37. The Bertz CT molecular complexity index is 1430. The van der Waals surface area contributed by atoms with Crippen molar-refractivity contribution in [3.05, 3.63) is 52.4 Å². The topological polar surface area (TPSA) is 40.1 Å². The summed E-state index contributed by atoms with van der Waals surface area (Å²) >= 11 is 0. The van der Waals surface area contributed by atoms with Gasteiger partial charge in [0.15, 0.2) is 40.7 Å². The van der Waals surface area contributed by atoms with Gasteiger partial charge in [0.1, 0.15) is 5.82 Å². The van der Waals surface area contributed by atoms with E-state index in [-0.39, 0.29) is 0 Å². The zero-order valence-corrected chi connectivity index (χ0v) is 17.2. The van der Waals surface area contributed by atoms with Crippen LogP contribution in [0.5, 0.6) is 0 Å². The highest BCUT2D eigenvalue weighted by Gasteiger charge is 3.06. The third kappa shape index (κ3) is 3.13. The summed E-state index contributed by atoms with van der Waals surface area (Å²) in [5.74, 6) is -59.7. The molecule has 1 saturated carbocycles. The summed E-state index contributed by atoms with van der Waals surface area (Å²) in [6.45, 7) is 0. The van der Waals surface area contributed by atoms with Gasteiger partial charge in [-0.1, -0.05) is 5.76 Å². The Morgan fingerprint density at radius 1 is 0.564 bits per heavy atom. The van der Waals surface area contributed by atoms with E-state index in [9.17, 15) is 88.9 Å². The first kappa shape index (κ1) is 30.2. The number of rotatable bonds is 3. The molecule has 39 heavy (non-hydrogen) atoms. The number of hydrogen-bond donors (Lipinski definition) is 0. The van der Waals surface area contributed by atoms with Crippen LogP contribution in [-0.2, 0) is 4.79 Å². The van der Waals surface area contributed by atoms with E-state index >= 15 is 0 Å². The van der Waals surface area contributed by atoms with Crippen LogP contribution in [-0.4, -0.2) is 35.6 Å². The first-order chi connectivity index (χ1) is 17.3. The van der Waals surface area contributed by atoms with Crippen LogP contribution < -0.4 is 5.11 Å². The highest BCUT2D eigenvalue weighted by Crippen LogP contribution is 2.75. The van der Waals surface area contributed by atoms with E-state index in [0.29, 0.717) is 0 Å². The van der Waals surface area contributed by atoms with Crippen LogP contribution in [0.1, 0.15) is 5.56 Å². The molecule has 0 radical (unpaired) electrons. The molecule has 0 aliphatic heterocycles. The van der Waals surface area contributed by atoms with Crippen molar-refractivity contribution < 1.29 is 88.9 Å². The molecule has 0 aromatic heterocycles. The van der Waals surface area contributed by atoms with Crippen molar-refractivity contribution in [2.24, 2.45) is 5.41 Å². The number of ketones is 1. The number of carbonyl (C=O) groups is 1. The second-order valence-electron chi connectivity index (χ2n) is 7.74. The van der Waals surface area contributed by atoms with E-state index in [1.165, 1.54) is 0 Å². The highest BCUT2D eigenvalue weighted by molar-refractivity contribution is 6.03. The molecular weight excluding hydrogens is 602 g/mol. The third-order valence-electron chi connectivity index (χ3n) is 5.77. The minimum atomic E-state index is -7.79. The Labute approximate surface area is 200 Å². The minimum Gasteiger partial charge on any atom is -0.872 e. The standard InChI is InChI=1S/C19H2F18O2/c20-7-4(8(21)9(22)6-5(7)10(23)12(25)13(26)11(6)24)2(38)1-3(39)14(19(35,36)37)15(27,28)17(31,32)18(33,34)16(14,29)30/h1,38H/p-1/b2-1-. The van der Waals surface area contributed by atoms with Crippen LogP contribution in [0.4, 0.5) is 79.0 Å². The molecule has 1 aliphatic carbocycles. The molecule has 1 aliphatic rings. The van der Waals surface area contributed by atoms with Crippen LogP contribution in [0.3, 0.4) is 0 Å². The lowest BCUT2D eigenvalue weighted by atomic mass is 9.74. The van der Waals surface area contributed by atoms with Gasteiger partial charge >= 0.3 is 29.9 Å². The Hall–Kier alpha value is -3.35. The lowest BCUT2D eigenvalue weighted by molar-refractivity contribution is -0.341. The van der Waals surface area contributed by atoms with Gasteiger partial charge in [0.2, 0.25) is 0 Å². The maximum atomic E-state index is 14.6. The zero-order chi connectivity index (χ0) is 30.6. The van der Waals surface area contributed by atoms with E-state index in [4.69, 9.17) is 0 Å². The molecule has 3 rings (SSSR count). The molecule has 20 heteroatoms. The molecule has 0 amide bonds. The molecule has 216 valence electrons. The fourth-order valence-electron chi connectivity index (χ4n) is 3.87. The lowest BCUT2D eigenvalue weighted by Crippen LogP contribution is -2.64. The predicted molar refractivity (Wildman–Crippen MR) is 84.9 cm³/mol. The fraction of sp³-hybridized carbons (Fsp3) is 0.316. The van der Waals surface area contributed by atoms with Crippen LogP contribution in [0.2, 0.25) is 0 Å². The summed E-state index contributed by atoms with van der Waals surface area (Å²) < 4.78 is 248. The van der Waals surface area contributed by atoms with Gasteiger partial charge in [0.25, 0.3) is 5.41 Å². The van der Waals surface area contributed by atoms with E-state index in [0.717, 1.165) is 0 Å². The van der Waals surface area contributed by atoms with Gasteiger partial charge in [-0.05, 0) is 6.08 Å². The number of fused-ring (bicyclic) bond motifs is 1. The number of carbonyl (C=O) groups excluding carboxylic acids is 1. The number of benzene rings is 2. The summed E-state index contributed by atoms with van der Waals surface area (Å²) in [5.41, 5.74) is -10.5. The Kier molecular flexibility index (Phi) is 6.26. The van der Waals surface area contributed by atoms with Crippen LogP contribution in [0.15, 0.2) is 6.08 Å². The Morgan fingerprint density at radius 3 is 1.26 bits per heavy atom. The molecule has 2 aromatic rings. The molecule has 0 bridgehead atoms. The summed E-state index contributed by atoms with van der Waals surface area (Å²) in [6.07, 6.45) is -9.69. The third-order valence-corrected chi connectivity index (χ3v) is 5.77. The van der Waals surface area contributed by atoms with Crippen molar-refractivity contribution in [1.29, 1.82) is 0 Å². The minimum absolute atomic E-state index is 1.90. The SMILES string of the molecule is O=C(/C=C(\[O-])c1c(F)c(F)c2c(F)c(F)c(F)c(F)c2c1F)C1(C(F)(F)F)C(F)(F)C(F)(F)C(F)(F)C1(F)F. The van der Waals surface area contributed by atoms with Gasteiger partial charge in [-0.3, -0.25) is 4.79 Å². The quantitative estimate of drug-likeness (QED) is 0.138. The summed E-state index contributed by atoms with van der Waals surface area (Å²) in [7, 11) is 0. The summed E-state index contributed by atoms with van der Waals surface area (Å²) in [6, 6.07) is 0. The highest BCUT2D eigenvalue weighted by atomic mass is 19.4. The maximum Gasteiger partial charge on any atom is 0.414 e. The van der Waals surface area contributed by atoms with Crippen molar-refractivity contribution in [3.8, 4) is 0 Å². The second-order valence-corrected chi connectivity index (χ2v) is 7.74. The Morgan fingerprint density at radius 2 is 0.897 bits per heavy atom. The van der Waals surface area contributed by atoms with Gasteiger partial charge in [0, 0.05) is 5.56 Å². The fourth-order valence-corrected chi connectivity index (χ4v) is 3.87. The van der Waals surface area contributed by atoms with Crippen molar-refractivity contribution >= 4 is 22.3 Å². The number of hydrogen-bond acceptors (Lipinski definition) is 2. The smallest absolute Gasteiger partial charge is 0.414 e. The summed E-state index contributed by atoms with van der Waals surface area (Å²) in [4.78, 5) is 12.0. The van der Waals surface area contributed by atoms with E-state index < -0.39 is 110 Å². The van der Waals surface area contributed by atoms with Crippen molar-refractivity contribution in [2.45, 2.75) is 29.9 Å². The second kappa shape index (κ2) is 8.09. The van der Waals surface area contributed by atoms with Gasteiger partial charge in [-0.25, -0.2) is 30.7 Å². The van der Waals surface area contributed by atoms with Crippen molar-refractivity contribution in [2.75, 3.05) is 0 Å². The number of halogens is 18. The molecule has 0 N–H and O–H groups in total. The van der Waals surface area contributed by atoms with Crippen molar-refractivity contribution in [1.82, 2.24) is 0 Å². The number of allylic oxidation sites excluding steroid dienone is 1. The molecule has 0 saturated heterocycles. The maximum absolute atomic E-state index is 14.6. The van der Waals surface area contributed by atoms with E-state index in [1.54, 1.807) is 0 Å². The molecule has 1 fully saturated rings. The van der Waals surface area contributed by atoms with Crippen LogP contribution in [0, 0.1) is 46.1 Å². The first-order valence-electron chi connectivity index (χ1n) is 9.14. The molecule has 0 unspecified atom stereocenters. The number of alkyl halides is 11.